The monoisotopic (exact) mass is 311 g/mol. The number of nitrogens with zero attached hydrogens (tertiary/aromatic N) is 3. The Morgan fingerprint density at radius 2 is 2.04 bits per heavy atom. The van der Waals surface area contributed by atoms with Gasteiger partial charge in [0.1, 0.15) is 5.75 Å². The molecule has 2 aromatic rings. The van der Waals surface area contributed by atoms with Crippen molar-refractivity contribution in [3.63, 3.8) is 0 Å². The van der Waals surface area contributed by atoms with Gasteiger partial charge in [-0.05, 0) is 43.5 Å². The molecule has 0 spiro atoms. The molecule has 1 fully saturated rings. The van der Waals surface area contributed by atoms with E-state index in [-0.39, 0.29) is 5.91 Å². The van der Waals surface area contributed by atoms with Crippen molar-refractivity contribution in [1.29, 1.82) is 0 Å². The number of ether oxygens (including phenoxy) is 1. The Morgan fingerprint density at radius 1 is 1.26 bits per heavy atom. The number of aromatic nitrogens is 2. The lowest BCUT2D eigenvalue weighted by molar-refractivity contribution is 0.0764. The van der Waals surface area contributed by atoms with E-state index in [4.69, 9.17) is 4.74 Å². The van der Waals surface area contributed by atoms with Gasteiger partial charge in [0.05, 0.1) is 24.7 Å². The molecule has 120 valence electrons. The molecule has 0 bridgehead atoms. The predicted molar refractivity (Wildman–Crippen MR) is 87.3 cm³/mol. The standard InChI is InChI=1S/C18H21N3O2/c1-2-3-10-20-12-21-16(11-19-17(21)18(20)22)13-4-6-14(7-5-13)23-15-8-9-15/h4-7,11,15H,2-3,8-10,12H2,1H3. The highest BCUT2D eigenvalue weighted by Gasteiger charge is 2.30. The van der Waals surface area contributed by atoms with E-state index in [1.807, 2.05) is 33.7 Å². The first-order chi connectivity index (χ1) is 11.3. The molecular formula is C18H21N3O2. The maximum absolute atomic E-state index is 12.4. The molecule has 1 aromatic heterocycles. The maximum atomic E-state index is 12.4. The van der Waals surface area contributed by atoms with Crippen LogP contribution in [0.4, 0.5) is 0 Å². The van der Waals surface area contributed by atoms with E-state index in [9.17, 15) is 4.79 Å². The van der Waals surface area contributed by atoms with Gasteiger partial charge in [0, 0.05) is 12.1 Å². The molecule has 4 rings (SSSR count). The van der Waals surface area contributed by atoms with Crippen molar-refractivity contribution in [2.24, 2.45) is 0 Å². The quantitative estimate of drug-likeness (QED) is 0.822. The molecule has 23 heavy (non-hydrogen) atoms. The van der Waals surface area contributed by atoms with Gasteiger partial charge in [-0.2, -0.15) is 0 Å². The summed E-state index contributed by atoms with van der Waals surface area (Å²) in [5.41, 5.74) is 2.06. The van der Waals surface area contributed by atoms with E-state index in [2.05, 4.69) is 11.9 Å². The minimum Gasteiger partial charge on any atom is -0.490 e. The molecule has 2 aliphatic rings. The maximum Gasteiger partial charge on any atom is 0.291 e. The molecule has 1 aliphatic heterocycles. The number of hydrogen-bond acceptors (Lipinski definition) is 3. The summed E-state index contributed by atoms with van der Waals surface area (Å²) in [5.74, 6) is 1.51. The molecular weight excluding hydrogens is 290 g/mol. The molecule has 1 aliphatic carbocycles. The molecule has 0 N–H and O–H groups in total. The topological polar surface area (TPSA) is 47.4 Å². The van der Waals surface area contributed by atoms with Crippen LogP contribution in [0.3, 0.4) is 0 Å². The SMILES string of the molecule is CCCCN1Cn2c(-c3ccc(OC4CC4)cc3)cnc2C1=O. The fraction of sp³-hybridized carbons (Fsp3) is 0.444. The van der Waals surface area contributed by atoms with Crippen molar-refractivity contribution in [3.8, 4) is 17.0 Å². The highest BCUT2D eigenvalue weighted by molar-refractivity contribution is 5.93. The normalized spacial score (nSPS) is 16.7. The van der Waals surface area contributed by atoms with Gasteiger partial charge < -0.3 is 14.2 Å². The number of hydrogen-bond donors (Lipinski definition) is 0. The Morgan fingerprint density at radius 3 is 2.74 bits per heavy atom. The van der Waals surface area contributed by atoms with E-state index < -0.39 is 0 Å². The third kappa shape index (κ3) is 2.71. The lowest BCUT2D eigenvalue weighted by Crippen LogP contribution is -2.25. The number of benzene rings is 1. The zero-order chi connectivity index (χ0) is 15.8. The number of rotatable bonds is 6. The van der Waals surface area contributed by atoms with Crippen molar-refractivity contribution in [2.45, 2.75) is 45.4 Å². The average molecular weight is 311 g/mol. The highest BCUT2D eigenvalue weighted by Crippen LogP contribution is 2.30. The number of amides is 1. The van der Waals surface area contributed by atoms with Crippen molar-refractivity contribution in [2.75, 3.05) is 6.54 Å². The van der Waals surface area contributed by atoms with Crippen LogP contribution in [0, 0.1) is 0 Å². The summed E-state index contributed by atoms with van der Waals surface area (Å²) in [7, 11) is 0. The second kappa shape index (κ2) is 5.72. The minimum absolute atomic E-state index is 0.0402. The van der Waals surface area contributed by atoms with E-state index in [0.717, 1.165) is 49.2 Å². The second-order valence-corrected chi connectivity index (χ2v) is 6.30. The van der Waals surface area contributed by atoms with Crippen molar-refractivity contribution >= 4 is 5.91 Å². The van der Waals surface area contributed by atoms with E-state index in [1.165, 1.54) is 0 Å². The van der Waals surface area contributed by atoms with Crippen LogP contribution in [0.2, 0.25) is 0 Å². The molecule has 0 unspecified atom stereocenters. The van der Waals surface area contributed by atoms with Crippen LogP contribution in [0.15, 0.2) is 30.5 Å². The Kier molecular flexibility index (Phi) is 3.56. The van der Waals surface area contributed by atoms with Gasteiger partial charge in [-0.25, -0.2) is 4.98 Å². The van der Waals surface area contributed by atoms with Gasteiger partial charge in [-0.15, -0.1) is 0 Å². The number of carbonyl (C=O) groups is 1. The fourth-order valence-corrected chi connectivity index (χ4v) is 2.90. The van der Waals surface area contributed by atoms with Crippen LogP contribution in [-0.4, -0.2) is 33.0 Å². The lowest BCUT2D eigenvalue weighted by Gasteiger charge is -2.15. The molecule has 0 radical (unpaired) electrons. The zero-order valence-electron chi connectivity index (χ0n) is 13.4. The number of imidazole rings is 1. The van der Waals surface area contributed by atoms with Crippen LogP contribution >= 0.6 is 0 Å². The fourth-order valence-electron chi connectivity index (χ4n) is 2.90. The Labute approximate surface area is 135 Å². The van der Waals surface area contributed by atoms with Crippen LogP contribution in [0.1, 0.15) is 43.2 Å². The molecule has 1 aromatic carbocycles. The van der Waals surface area contributed by atoms with Gasteiger partial charge in [-0.3, -0.25) is 4.79 Å². The van der Waals surface area contributed by atoms with Gasteiger partial charge >= 0.3 is 0 Å². The predicted octanol–water partition coefficient (Wildman–Crippen LogP) is 3.30. The second-order valence-electron chi connectivity index (χ2n) is 6.30. The van der Waals surface area contributed by atoms with Crippen LogP contribution < -0.4 is 4.74 Å². The van der Waals surface area contributed by atoms with Crippen molar-refractivity contribution in [3.05, 3.63) is 36.3 Å². The summed E-state index contributed by atoms with van der Waals surface area (Å²) >= 11 is 0. The lowest BCUT2D eigenvalue weighted by atomic mass is 10.1. The molecule has 5 heteroatoms. The summed E-state index contributed by atoms with van der Waals surface area (Å²) in [6, 6.07) is 8.08. The van der Waals surface area contributed by atoms with Gasteiger partial charge in [0.25, 0.3) is 5.91 Å². The Bertz CT molecular complexity index is 716. The van der Waals surface area contributed by atoms with Crippen molar-refractivity contribution < 1.29 is 9.53 Å². The van der Waals surface area contributed by atoms with E-state index in [1.54, 1.807) is 6.20 Å². The van der Waals surface area contributed by atoms with E-state index >= 15 is 0 Å². The molecule has 5 nitrogen and oxygen atoms in total. The van der Waals surface area contributed by atoms with E-state index in [0.29, 0.717) is 18.6 Å². The number of unbranched alkanes of at least 4 members (excludes halogenated alkanes) is 1. The third-order valence-corrected chi connectivity index (χ3v) is 4.41. The van der Waals surface area contributed by atoms with Crippen LogP contribution in [0.25, 0.3) is 11.3 Å². The van der Waals surface area contributed by atoms with Crippen LogP contribution in [-0.2, 0) is 6.67 Å². The van der Waals surface area contributed by atoms with Gasteiger partial charge in [-0.1, -0.05) is 13.3 Å². The summed E-state index contributed by atoms with van der Waals surface area (Å²) in [6.45, 7) is 3.53. The largest absolute Gasteiger partial charge is 0.490 e. The molecule has 1 amide bonds. The summed E-state index contributed by atoms with van der Waals surface area (Å²) in [4.78, 5) is 18.6. The van der Waals surface area contributed by atoms with Gasteiger partial charge in [0.15, 0.2) is 0 Å². The first kappa shape index (κ1) is 14.3. The average Bonchev–Trinajstić information content (AvgIpc) is 3.19. The molecule has 0 saturated heterocycles. The number of carbonyl (C=O) groups excluding carboxylic acids is 1. The van der Waals surface area contributed by atoms with Crippen LogP contribution in [0.5, 0.6) is 5.75 Å². The molecule has 0 atom stereocenters. The third-order valence-electron chi connectivity index (χ3n) is 4.41. The minimum atomic E-state index is 0.0402. The Hall–Kier alpha value is -2.30. The zero-order valence-corrected chi connectivity index (χ0v) is 13.4. The highest BCUT2D eigenvalue weighted by atomic mass is 16.5. The Balaban J connectivity index is 1.55. The summed E-state index contributed by atoms with van der Waals surface area (Å²) in [5, 5.41) is 0. The molecule has 2 heterocycles. The smallest absolute Gasteiger partial charge is 0.291 e. The van der Waals surface area contributed by atoms with Gasteiger partial charge in [0.2, 0.25) is 5.82 Å². The summed E-state index contributed by atoms with van der Waals surface area (Å²) in [6.07, 6.45) is 6.63. The molecule has 1 saturated carbocycles. The first-order valence-corrected chi connectivity index (χ1v) is 8.38. The summed E-state index contributed by atoms with van der Waals surface area (Å²) < 4.78 is 7.79. The first-order valence-electron chi connectivity index (χ1n) is 8.38. The number of fused-ring (bicyclic) bond motifs is 1. The van der Waals surface area contributed by atoms with Crippen molar-refractivity contribution in [1.82, 2.24) is 14.5 Å².